The van der Waals surface area contributed by atoms with E-state index in [1.807, 2.05) is 0 Å². The van der Waals surface area contributed by atoms with Crippen LogP contribution < -0.4 is 43.4 Å². The molecule has 24 heavy (non-hydrogen) atoms. The predicted molar refractivity (Wildman–Crippen MR) is 65.5 cm³/mol. The number of rotatable bonds is 4. The van der Waals surface area contributed by atoms with E-state index in [0.29, 0.717) is 0 Å². The summed E-state index contributed by atoms with van der Waals surface area (Å²) in [5, 5.41) is 35.7. The number of hydrogen-bond donors (Lipinski definition) is 4. The summed E-state index contributed by atoms with van der Waals surface area (Å²) in [7, 11) is 0. The number of carbonyl (C=O) groups is 4. The molecular formula is C10H20N4O8Pd2. The topological polar surface area (TPSA) is 265 Å². The Morgan fingerprint density at radius 3 is 0.625 bits per heavy atom. The van der Waals surface area contributed by atoms with Crippen LogP contribution >= 0.6 is 0 Å². The molecule has 0 unspecified atom stereocenters. The molecule has 0 aromatic carbocycles. The van der Waals surface area contributed by atoms with Gasteiger partial charge >= 0.3 is 40.8 Å². The number of carbonyl (C=O) groups excluding carboxylic acids is 4. The molecule has 0 spiro atoms. The van der Waals surface area contributed by atoms with Crippen LogP contribution in [0.5, 0.6) is 0 Å². The summed E-state index contributed by atoms with van der Waals surface area (Å²) in [4.78, 5) is 35.7. The first-order valence-electron chi connectivity index (χ1n) is 5.77. The first kappa shape index (κ1) is 38.5. The number of hydrogen-bond acceptors (Lipinski definition) is 12. The van der Waals surface area contributed by atoms with Crippen molar-refractivity contribution in [2.45, 2.75) is 12.8 Å². The van der Waals surface area contributed by atoms with E-state index in [9.17, 15) is 0 Å². The third-order valence-corrected chi connectivity index (χ3v) is 1.15. The zero-order valence-corrected chi connectivity index (χ0v) is 15.6. The molecule has 8 N–H and O–H groups in total. The van der Waals surface area contributed by atoms with Gasteiger partial charge in [-0.2, -0.15) is 0 Å². The number of nitrogens with two attached hydrogens (primary N) is 4. The summed E-state index contributed by atoms with van der Waals surface area (Å²) in [5.74, 6) is -8.74. The Hall–Kier alpha value is -0.955. The summed E-state index contributed by atoms with van der Waals surface area (Å²) in [6.07, 6.45) is 1.89. The van der Waals surface area contributed by atoms with Gasteiger partial charge < -0.3 is 62.5 Å². The van der Waals surface area contributed by atoms with Crippen molar-refractivity contribution in [3.63, 3.8) is 0 Å². The maximum absolute atomic E-state index is 8.93. The van der Waals surface area contributed by atoms with E-state index in [1.54, 1.807) is 0 Å². The van der Waals surface area contributed by atoms with E-state index >= 15 is 0 Å². The molecule has 0 atom stereocenters. The van der Waals surface area contributed by atoms with Crippen LogP contribution in [0.4, 0.5) is 0 Å². The second-order valence-electron chi connectivity index (χ2n) is 3.01. The molecule has 0 heterocycles. The Balaban J connectivity index is -0.0000000439. The Morgan fingerprint density at radius 2 is 0.625 bits per heavy atom. The fourth-order valence-corrected chi connectivity index (χ4v) is 0.236. The van der Waals surface area contributed by atoms with E-state index in [4.69, 9.17) is 62.5 Å². The molecule has 0 saturated heterocycles. The average molecular weight is 537 g/mol. The average Bonchev–Trinajstić information content (AvgIpc) is 2.42. The van der Waals surface area contributed by atoms with Crippen LogP contribution in [0.2, 0.25) is 0 Å². The predicted octanol–water partition coefficient (Wildman–Crippen LogP) is -8.44. The van der Waals surface area contributed by atoms with E-state index in [1.165, 1.54) is 0 Å². The van der Waals surface area contributed by atoms with Gasteiger partial charge in [0, 0.05) is 0 Å². The van der Waals surface area contributed by atoms with Crippen LogP contribution in [0.15, 0.2) is 0 Å². The second kappa shape index (κ2) is 33.6. The smallest absolute Gasteiger partial charge is 0.543 e. The van der Waals surface area contributed by atoms with Gasteiger partial charge in [0.15, 0.2) is 0 Å². The van der Waals surface area contributed by atoms with Gasteiger partial charge in [0.25, 0.3) is 0 Å². The summed E-state index contributed by atoms with van der Waals surface area (Å²) in [5.41, 5.74) is 20.2. The van der Waals surface area contributed by atoms with Crippen molar-refractivity contribution in [3.05, 3.63) is 0 Å². The normalized spacial score (nSPS) is 7.17. The Bertz CT molecular complexity index is 263. The summed E-state index contributed by atoms with van der Waals surface area (Å²) in [6, 6.07) is 0. The van der Waals surface area contributed by atoms with Crippen LogP contribution in [0, 0.1) is 0 Å². The maximum atomic E-state index is 8.93. The van der Waals surface area contributed by atoms with Gasteiger partial charge in [-0.1, -0.05) is 0 Å². The fourth-order valence-electron chi connectivity index (χ4n) is 0.236. The minimum absolute atomic E-state index is 0. The minimum Gasteiger partial charge on any atom is -0.543 e. The molecule has 0 bridgehead atoms. The van der Waals surface area contributed by atoms with Crippen LogP contribution in [0.25, 0.3) is 0 Å². The molecule has 0 aromatic heterocycles. The molecule has 12 nitrogen and oxygen atoms in total. The molecule has 0 fully saturated rings. The van der Waals surface area contributed by atoms with Crippen molar-refractivity contribution in [1.29, 1.82) is 0 Å². The van der Waals surface area contributed by atoms with E-state index in [2.05, 4.69) is 0 Å². The summed E-state index contributed by atoms with van der Waals surface area (Å²) >= 11 is 0. The van der Waals surface area contributed by atoms with Gasteiger partial charge in [0.2, 0.25) is 0 Å². The SMILES string of the molecule is NCCCN.NCCCN.O=C([O-])C(=O)[O-].O=C([O-])C(=O)[O-].[Pd+2].[Pd+2]. The number of carboxylic acids is 4. The third kappa shape index (κ3) is 69.3. The van der Waals surface area contributed by atoms with Gasteiger partial charge in [0.05, 0.1) is 23.9 Å². The monoisotopic (exact) mass is 536 g/mol. The van der Waals surface area contributed by atoms with Gasteiger partial charge in [-0.05, 0) is 39.0 Å². The fraction of sp³-hybridized carbons (Fsp3) is 0.600. The van der Waals surface area contributed by atoms with Gasteiger partial charge in [-0.25, -0.2) is 0 Å². The van der Waals surface area contributed by atoms with Crippen molar-refractivity contribution >= 4 is 23.9 Å². The zero-order chi connectivity index (χ0) is 18.6. The van der Waals surface area contributed by atoms with Gasteiger partial charge in [-0.15, -0.1) is 0 Å². The minimum atomic E-state index is -2.19. The molecule has 148 valence electrons. The van der Waals surface area contributed by atoms with E-state index < -0.39 is 23.9 Å². The van der Waals surface area contributed by atoms with Crippen molar-refractivity contribution < 1.29 is 80.4 Å². The zero-order valence-electron chi connectivity index (χ0n) is 12.5. The second-order valence-corrected chi connectivity index (χ2v) is 3.01. The number of carboxylic acid groups (broad SMARTS) is 4. The molecule has 0 aliphatic carbocycles. The van der Waals surface area contributed by atoms with Gasteiger partial charge in [-0.3, -0.25) is 0 Å². The Kier molecular flexibility index (Phi) is 54.0. The van der Waals surface area contributed by atoms with Crippen LogP contribution in [0.3, 0.4) is 0 Å². The Morgan fingerprint density at radius 1 is 0.500 bits per heavy atom. The van der Waals surface area contributed by atoms with Crippen molar-refractivity contribution in [1.82, 2.24) is 0 Å². The summed E-state index contributed by atoms with van der Waals surface area (Å²) in [6.45, 7) is 2.88. The van der Waals surface area contributed by atoms with Crippen molar-refractivity contribution in [2.75, 3.05) is 26.2 Å². The van der Waals surface area contributed by atoms with Crippen LogP contribution in [-0.4, -0.2) is 50.1 Å². The standard InChI is InChI=1S/2C3H10N2.2C2H2O4.2Pd/c2*4-2-1-3-5;2*3-1(4)2(5)6;;/h2*1-5H2;2*(H,3,4)(H,5,6);;/q;;;;2*+2/p-4. The van der Waals surface area contributed by atoms with Crippen LogP contribution in [0.1, 0.15) is 12.8 Å². The molecule has 0 rings (SSSR count). The van der Waals surface area contributed by atoms with Crippen LogP contribution in [-0.2, 0) is 60.0 Å². The van der Waals surface area contributed by atoms with Gasteiger partial charge in [0.1, 0.15) is 0 Å². The molecule has 0 amide bonds. The third-order valence-electron chi connectivity index (χ3n) is 1.15. The van der Waals surface area contributed by atoms with E-state index in [-0.39, 0.29) is 40.8 Å². The summed E-state index contributed by atoms with van der Waals surface area (Å²) < 4.78 is 0. The van der Waals surface area contributed by atoms with Crippen molar-refractivity contribution in [2.24, 2.45) is 22.9 Å². The first-order chi connectivity index (χ1) is 10.1. The quantitative estimate of drug-likeness (QED) is 0.192. The molecule has 0 saturated carbocycles. The largest absolute Gasteiger partial charge is 2.00 e. The molecule has 0 aliphatic heterocycles. The van der Waals surface area contributed by atoms with E-state index in [0.717, 1.165) is 39.0 Å². The molecule has 0 aromatic rings. The number of aliphatic carboxylic acids is 4. The Labute approximate surface area is 166 Å². The molecular weight excluding hydrogens is 517 g/mol. The maximum Gasteiger partial charge on any atom is 2.00 e. The first-order valence-corrected chi connectivity index (χ1v) is 5.77. The molecule has 0 aliphatic rings. The molecule has 14 heteroatoms. The molecule has 0 radical (unpaired) electrons. The van der Waals surface area contributed by atoms with Crippen molar-refractivity contribution in [3.8, 4) is 0 Å².